The zero-order valence-electron chi connectivity index (χ0n) is 10.8. The van der Waals surface area contributed by atoms with E-state index in [4.69, 9.17) is 18.6 Å². The van der Waals surface area contributed by atoms with Crippen molar-refractivity contribution in [2.24, 2.45) is 5.41 Å². The summed E-state index contributed by atoms with van der Waals surface area (Å²) in [5.74, 6) is 0. The van der Waals surface area contributed by atoms with E-state index in [1.807, 2.05) is 13.6 Å². The number of hydrogen-bond donors (Lipinski definition) is 0. The van der Waals surface area contributed by atoms with Gasteiger partial charge in [-0.3, -0.25) is 0 Å². The first kappa shape index (κ1) is 14.0. The molecule has 0 radical (unpaired) electrons. The van der Waals surface area contributed by atoms with Gasteiger partial charge in [0.05, 0.1) is 0 Å². The summed E-state index contributed by atoms with van der Waals surface area (Å²) >= 11 is 0. The van der Waals surface area contributed by atoms with E-state index in [2.05, 4.69) is 13.8 Å². The molecule has 0 amide bonds. The van der Waals surface area contributed by atoms with E-state index in [-0.39, 0.29) is 19.7 Å². The van der Waals surface area contributed by atoms with E-state index in [0.717, 1.165) is 32.8 Å². The molecule has 4 nitrogen and oxygen atoms in total. The molecule has 2 aliphatic rings. The van der Waals surface area contributed by atoms with Gasteiger partial charge in [0, 0.05) is 31.8 Å². The van der Waals surface area contributed by atoms with E-state index < -0.39 is 0 Å². The third-order valence-corrected chi connectivity index (χ3v) is 2.41. The topological polar surface area (TPSA) is 36.9 Å². The second kappa shape index (κ2) is 6.64. The molecule has 6 heteroatoms. The minimum Gasteiger partial charge on any atom is -0.411 e. The van der Waals surface area contributed by atoms with Crippen molar-refractivity contribution < 1.29 is 18.6 Å². The van der Waals surface area contributed by atoms with Gasteiger partial charge in [-0.05, 0) is 20.1 Å². The molecule has 0 aliphatic carbocycles. The minimum atomic E-state index is -0.00183. The second-order valence-electron chi connectivity index (χ2n) is 5.02. The molecule has 0 aromatic rings. The van der Waals surface area contributed by atoms with Gasteiger partial charge in [0.1, 0.15) is 0 Å². The maximum Gasteiger partial charge on any atom is 0.453 e. The average molecular weight is 228 g/mol. The monoisotopic (exact) mass is 228 g/mol. The second-order valence-corrected chi connectivity index (χ2v) is 5.02. The Morgan fingerprint density at radius 3 is 1.56 bits per heavy atom. The van der Waals surface area contributed by atoms with Crippen LogP contribution in [0, 0.1) is 5.41 Å². The Morgan fingerprint density at radius 2 is 1.25 bits per heavy atom. The molecule has 2 aliphatic heterocycles. The largest absolute Gasteiger partial charge is 0.453 e. The van der Waals surface area contributed by atoms with E-state index in [1.54, 1.807) is 0 Å². The van der Waals surface area contributed by atoms with Crippen molar-refractivity contribution in [3.05, 3.63) is 0 Å². The van der Waals surface area contributed by atoms with Crippen LogP contribution in [0.4, 0.5) is 0 Å². The lowest BCUT2D eigenvalue weighted by atomic mass is 9.86. The third-order valence-electron chi connectivity index (χ3n) is 2.41. The lowest BCUT2D eigenvalue weighted by Gasteiger charge is -2.31. The van der Waals surface area contributed by atoms with Gasteiger partial charge in [0.15, 0.2) is 0 Å². The highest BCUT2D eigenvalue weighted by Crippen LogP contribution is 2.20. The molecule has 0 aromatic carbocycles. The summed E-state index contributed by atoms with van der Waals surface area (Å²) in [4.78, 5) is 0. The van der Waals surface area contributed by atoms with Crippen LogP contribution in [0.5, 0.6) is 0 Å². The maximum absolute atomic E-state index is 5.27. The van der Waals surface area contributed by atoms with Gasteiger partial charge in [-0.15, -0.1) is 0 Å². The average Bonchev–Trinajstić information content (AvgIpc) is 2.25. The summed E-state index contributed by atoms with van der Waals surface area (Å²) in [5.41, 5.74) is 0.215. The molecular formula is C10H22B2O4. The van der Waals surface area contributed by atoms with E-state index in [0.29, 0.717) is 0 Å². The van der Waals surface area contributed by atoms with Crippen molar-refractivity contribution in [2.45, 2.75) is 33.9 Å². The van der Waals surface area contributed by atoms with Crippen LogP contribution in [0.3, 0.4) is 0 Å². The summed E-state index contributed by atoms with van der Waals surface area (Å²) in [6.07, 6.45) is 1.05. The zero-order chi connectivity index (χ0) is 12.0. The fraction of sp³-hybridized carbons (Fsp3) is 1.00. The van der Waals surface area contributed by atoms with Gasteiger partial charge >= 0.3 is 14.2 Å². The first-order valence-electron chi connectivity index (χ1n) is 5.96. The molecule has 16 heavy (non-hydrogen) atoms. The molecule has 2 saturated heterocycles. The summed E-state index contributed by atoms with van der Waals surface area (Å²) in [6.45, 7) is 11.5. The molecule has 0 atom stereocenters. The van der Waals surface area contributed by atoms with Crippen molar-refractivity contribution >= 4 is 14.2 Å². The summed E-state index contributed by atoms with van der Waals surface area (Å²) in [5, 5.41) is 0. The summed E-state index contributed by atoms with van der Waals surface area (Å²) < 4.78 is 20.7. The first-order chi connectivity index (χ1) is 7.49. The molecule has 0 spiro atoms. The van der Waals surface area contributed by atoms with Gasteiger partial charge < -0.3 is 18.6 Å². The van der Waals surface area contributed by atoms with Crippen LogP contribution in [-0.2, 0) is 18.6 Å². The molecule has 92 valence electrons. The molecule has 0 unspecified atom stereocenters. The Labute approximate surface area is 99.3 Å². The molecule has 0 aromatic heterocycles. The lowest BCUT2D eigenvalue weighted by Crippen LogP contribution is -2.38. The first-order valence-corrected chi connectivity index (χ1v) is 5.96. The highest BCUT2D eigenvalue weighted by molar-refractivity contribution is 6.42. The SMILES string of the molecule is CB1OCC(C)(C)CO1.CB1OCCCO1. The van der Waals surface area contributed by atoms with Crippen molar-refractivity contribution in [3.8, 4) is 0 Å². The van der Waals surface area contributed by atoms with Gasteiger partial charge in [0.2, 0.25) is 0 Å². The van der Waals surface area contributed by atoms with Crippen LogP contribution in [0.25, 0.3) is 0 Å². The Balaban J connectivity index is 0.000000165. The molecule has 0 N–H and O–H groups in total. The standard InChI is InChI=1S/C6H13BO2.C4H9BO2/c1-6(2)4-8-7(3)9-5-6;1-5-6-3-2-4-7-5/h4-5H2,1-3H3;2-4H2,1H3. The van der Waals surface area contributed by atoms with Crippen molar-refractivity contribution in [2.75, 3.05) is 26.4 Å². The molecule has 0 saturated carbocycles. The van der Waals surface area contributed by atoms with E-state index >= 15 is 0 Å². The minimum absolute atomic E-state index is 0.00183. The van der Waals surface area contributed by atoms with Crippen LogP contribution >= 0.6 is 0 Å². The molecule has 2 heterocycles. The van der Waals surface area contributed by atoms with Crippen LogP contribution in [0.15, 0.2) is 0 Å². The van der Waals surface area contributed by atoms with E-state index in [9.17, 15) is 0 Å². The Bertz CT molecular complexity index is 185. The van der Waals surface area contributed by atoms with Gasteiger partial charge in [0.25, 0.3) is 0 Å². The Morgan fingerprint density at radius 1 is 0.812 bits per heavy atom. The third kappa shape index (κ3) is 5.89. The summed E-state index contributed by atoms with van der Waals surface area (Å²) in [7, 11) is 0.0341. The normalized spacial score (nSPS) is 24.8. The van der Waals surface area contributed by atoms with Crippen molar-refractivity contribution in [1.29, 1.82) is 0 Å². The van der Waals surface area contributed by atoms with Gasteiger partial charge in [-0.1, -0.05) is 13.8 Å². The molecule has 0 bridgehead atoms. The van der Waals surface area contributed by atoms with Gasteiger partial charge in [-0.2, -0.15) is 0 Å². The van der Waals surface area contributed by atoms with Crippen molar-refractivity contribution in [1.82, 2.24) is 0 Å². The van der Waals surface area contributed by atoms with Crippen LogP contribution in [0.1, 0.15) is 20.3 Å². The molecular weight excluding hydrogens is 206 g/mol. The lowest BCUT2D eigenvalue weighted by molar-refractivity contribution is 0.0311. The van der Waals surface area contributed by atoms with Crippen molar-refractivity contribution in [3.63, 3.8) is 0 Å². The van der Waals surface area contributed by atoms with Crippen LogP contribution in [0.2, 0.25) is 13.6 Å². The molecule has 2 rings (SSSR count). The zero-order valence-corrected chi connectivity index (χ0v) is 10.8. The number of hydrogen-bond acceptors (Lipinski definition) is 4. The predicted molar refractivity (Wildman–Crippen MR) is 65.4 cm³/mol. The predicted octanol–water partition coefficient (Wildman–Crippen LogP) is 1.72. The van der Waals surface area contributed by atoms with E-state index in [1.165, 1.54) is 0 Å². The maximum atomic E-state index is 5.27. The fourth-order valence-electron chi connectivity index (χ4n) is 1.38. The quantitative estimate of drug-likeness (QED) is 0.591. The fourth-order valence-corrected chi connectivity index (χ4v) is 1.38. The smallest absolute Gasteiger partial charge is 0.411 e. The highest BCUT2D eigenvalue weighted by Gasteiger charge is 2.28. The number of rotatable bonds is 0. The van der Waals surface area contributed by atoms with Gasteiger partial charge in [-0.25, -0.2) is 0 Å². The molecule has 2 fully saturated rings. The Kier molecular flexibility index (Phi) is 5.83. The Hall–Kier alpha value is -0.0301. The van der Waals surface area contributed by atoms with Crippen LogP contribution < -0.4 is 0 Å². The summed E-state index contributed by atoms with van der Waals surface area (Å²) in [6, 6.07) is 0. The van der Waals surface area contributed by atoms with Crippen LogP contribution in [-0.4, -0.2) is 40.7 Å². The highest BCUT2D eigenvalue weighted by atomic mass is 16.6.